The number of hydrogen-bond donors (Lipinski definition) is 1. The van der Waals surface area contributed by atoms with Gasteiger partial charge in [-0.15, -0.1) is 0 Å². The summed E-state index contributed by atoms with van der Waals surface area (Å²) in [6.45, 7) is 0. The molecule has 0 unspecified atom stereocenters. The zero-order chi connectivity index (χ0) is 17.5. The minimum atomic E-state index is 0.0404. The molecule has 0 radical (unpaired) electrons. The molecule has 1 fully saturated rings. The zero-order valence-corrected chi connectivity index (χ0v) is 14.5. The highest BCUT2D eigenvalue weighted by atomic mass is 16.5. The molecule has 0 atom stereocenters. The van der Waals surface area contributed by atoms with Gasteiger partial charge in [0, 0.05) is 23.9 Å². The largest absolute Gasteiger partial charge is 0.496 e. The first-order valence-electron chi connectivity index (χ1n) is 8.73. The Morgan fingerprint density at radius 1 is 1.12 bits per heavy atom. The van der Waals surface area contributed by atoms with E-state index >= 15 is 0 Å². The average molecular weight is 340 g/mol. The van der Waals surface area contributed by atoms with Crippen LogP contribution in [0.15, 0.2) is 48.7 Å². The van der Waals surface area contributed by atoms with E-state index in [1.807, 2.05) is 42.5 Å². The molecule has 1 aliphatic carbocycles. The lowest BCUT2D eigenvalue weighted by molar-refractivity contribution is -0.121. The number of methoxy groups -OCH3 is 1. The van der Waals surface area contributed by atoms with E-state index in [0.29, 0.717) is 12.3 Å². The summed E-state index contributed by atoms with van der Waals surface area (Å²) in [5.41, 5.74) is 0.912. The number of aromatic nitrogens is 1. The van der Waals surface area contributed by atoms with Gasteiger partial charge >= 0.3 is 0 Å². The molecule has 1 aliphatic rings. The van der Waals surface area contributed by atoms with Crippen molar-refractivity contribution in [2.45, 2.75) is 44.2 Å². The molecule has 1 heterocycles. The number of amides is 1. The summed E-state index contributed by atoms with van der Waals surface area (Å²) in [4.78, 5) is 16.5. The molecule has 2 aromatic rings. The van der Waals surface area contributed by atoms with Crippen molar-refractivity contribution in [3.05, 3.63) is 54.2 Å². The van der Waals surface area contributed by atoms with Crippen molar-refractivity contribution < 1.29 is 14.3 Å². The van der Waals surface area contributed by atoms with Crippen LogP contribution in [0.5, 0.6) is 11.6 Å². The first kappa shape index (κ1) is 17.3. The van der Waals surface area contributed by atoms with Crippen LogP contribution in [-0.2, 0) is 11.2 Å². The molecular formula is C20H24N2O3. The molecule has 0 spiro atoms. The van der Waals surface area contributed by atoms with Gasteiger partial charge in [-0.25, -0.2) is 4.98 Å². The normalized spacial score (nSPS) is 19.9. The quantitative estimate of drug-likeness (QED) is 0.878. The number of rotatable bonds is 6. The molecule has 1 aromatic heterocycles. The maximum Gasteiger partial charge on any atom is 0.224 e. The summed E-state index contributed by atoms with van der Waals surface area (Å²) in [7, 11) is 1.62. The molecule has 0 saturated heterocycles. The van der Waals surface area contributed by atoms with Gasteiger partial charge in [-0.1, -0.05) is 24.3 Å². The smallest absolute Gasteiger partial charge is 0.224 e. The van der Waals surface area contributed by atoms with Gasteiger partial charge in [-0.3, -0.25) is 4.79 Å². The number of benzene rings is 1. The lowest BCUT2D eigenvalue weighted by Crippen LogP contribution is -2.40. The van der Waals surface area contributed by atoms with Crippen LogP contribution in [0.2, 0.25) is 0 Å². The molecule has 3 rings (SSSR count). The second-order valence-electron chi connectivity index (χ2n) is 6.32. The van der Waals surface area contributed by atoms with Gasteiger partial charge in [0.25, 0.3) is 0 Å². The first-order valence-corrected chi connectivity index (χ1v) is 8.73. The van der Waals surface area contributed by atoms with E-state index in [0.717, 1.165) is 37.0 Å². The van der Waals surface area contributed by atoms with Gasteiger partial charge in [0.1, 0.15) is 11.9 Å². The van der Waals surface area contributed by atoms with Gasteiger partial charge in [0.2, 0.25) is 11.8 Å². The van der Waals surface area contributed by atoms with Crippen LogP contribution >= 0.6 is 0 Å². The number of para-hydroxylation sites is 1. The second-order valence-corrected chi connectivity index (χ2v) is 6.32. The van der Waals surface area contributed by atoms with Crippen LogP contribution in [0, 0.1) is 0 Å². The molecule has 5 nitrogen and oxygen atoms in total. The number of carbonyl (C=O) groups excluding carboxylic acids is 1. The summed E-state index contributed by atoms with van der Waals surface area (Å²) in [5.74, 6) is 1.47. The summed E-state index contributed by atoms with van der Waals surface area (Å²) in [6.07, 6.45) is 5.96. The van der Waals surface area contributed by atoms with E-state index in [1.54, 1.807) is 13.3 Å². The third kappa shape index (κ3) is 4.95. The molecule has 1 N–H and O–H groups in total. The van der Waals surface area contributed by atoms with Gasteiger partial charge in [-0.05, 0) is 37.8 Å². The molecule has 132 valence electrons. The van der Waals surface area contributed by atoms with Gasteiger partial charge < -0.3 is 14.8 Å². The Bertz CT molecular complexity index is 682. The molecule has 0 bridgehead atoms. The molecule has 1 saturated carbocycles. The van der Waals surface area contributed by atoms with Gasteiger partial charge in [0.15, 0.2) is 0 Å². The average Bonchev–Trinajstić information content (AvgIpc) is 2.64. The van der Waals surface area contributed by atoms with Crippen LogP contribution in [0.1, 0.15) is 31.2 Å². The van der Waals surface area contributed by atoms with Crippen molar-refractivity contribution in [2.24, 2.45) is 0 Å². The highest BCUT2D eigenvalue weighted by Gasteiger charge is 2.24. The van der Waals surface area contributed by atoms with E-state index in [9.17, 15) is 4.79 Å². The highest BCUT2D eigenvalue weighted by molar-refractivity contribution is 5.79. The number of pyridine rings is 1. The summed E-state index contributed by atoms with van der Waals surface area (Å²) < 4.78 is 11.2. The predicted molar refractivity (Wildman–Crippen MR) is 95.7 cm³/mol. The van der Waals surface area contributed by atoms with E-state index in [2.05, 4.69) is 10.3 Å². The maximum absolute atomic E-state index is 12.3. The summed E-state index contributed by atoms with van der Waals surface area (Å²) >= 11 is 0. The lowest BCUT2D eigenvalue weighted by Gasteiger charge is -2.29. The van der Waals surface area contributed by atoms with Crippen molar-refractivity contribution in [3.63, 3.8) is 0 Å². The fourth-order valence-electron chi connectivity index (χ4n) is 3.21. The Morgan fingerprint density at radius 2 is 1.88 bits per heavy atom. The first-order chi connectivity index (χ1) is 12.2. The molecule has 5 heteroatoms. The molecule has 1 aromatic carbocycles. The van der Waals surface area contributed by atoms with Crippen LogP contribution in [0.3, 0.4) is 0 Å². The molecule has 25 heavy (non-hydrogen) atoms. The SMILES string of the molecule is COc1ccccc1CC(=O)NC1CCC(Oc2ccccn2)CC1. The molecule has 0 aliphatic heterocycles. The fourth-order valence-corrected chi connectivity index (χ4v) is 3.21. The summed E-state index contributed by atoms with van der Waals surface area (Å²) in [6, 6.07) is 13.5. The Kier molecular flexibility index (Phi) is 5.88. The Hall–Kier alpha value is -2.56. The van der Waals surface area contributed by atoms with E-state index in [-0.39, 0.29) is 18.1 Å². The second kappa shape index (κ2) is 8.51. The number of hydrogen-bond acceptors (Lipinski definition) is 4. The minimum absolute atomic E-state index is 0.0404. The van der Waals surface area contributed by atoms with Crippen LogP contribution < -0.4 is 14.8 Å². The highest BCUT2D eigenvalue weighted by Crippen LogP contribution is 2.23. The number of nitrogens with one attached hydrogen (secondary N) is 1. The van der Waals surface area contributed by atoms with Crippen LogP contribution in [0.4, 0.5) is 0 Å². The number of carbonyl (C=O) groups is 1. The lowest BCUT2D eigenvalue weighted by atomic mass is 9.92. The van der Waals surface area contributed by atoms with E-state index in [4.69, 9.17) is 9.47 Å². The van der Waals surface area contributed by atoms with Crippen LogP contribution in [0.25, 0.3) is 0 Å². The minimum Gasteiger partial charge on any atom is -0.496 e. The topological polar surface area (TPSA) is 60.5 Å². The Labute approximate surface area is 148 Å². The molecular weight excluding hydrogens is 316 g/mol. The Morgan fingerprint density at radius 3 is 2.60 bits per heavy atom. The van der Waals surface area contributed by atoms with Crippen molar-refractivity contribution in [2.75, 3.05) is 7.11 Å². The maximum atomic E-state index is 12.3. The van der Waals surface area contributed by atoms with Crippen molar-refractivity contribution in [1.29, 1.82) is 0 Å². The van der Waals surface area contributed by atoms with Crippen LogP contribution in [-0.4, -0.2) is 30.1 Å². The summed E-state index contributed by atoms with van der Waals surface area (Å²) in [5, 5.41) is 3.14. The van der Waals surface area contributed by atoms with Gasteiger partial charge in [0.05, 0.1) is 13.5 Å². The van der Waals surface area contributed by atoms with E-state index in [1.165, 1.54) is 0 Å². The predicted octanol–water partition coefficient (Wildman–Crippen LogP) is 3.14. The van der Waals surface area contributed by atoms with Crippen molar-refractivity contribution in [3.8, 4) is 11.6 Å². The number of ether oxygens (including phenoxy) is 2. The Balaban J connectivity index is 1.45. The monoisotopic (exact) mass is 340 g/mol. The van der Waals surface area contributed by atoms with Crippen molar-refractivity contribution in [1.82, 2.24) is 10.3 Å². The van der Waals surface area contributed by atoms with E-state index < -0.39 is 0 Å². The van der Waals surface area contributed by atoms with Gasteiger partial charge in [-0.2, -0.15) is 0 Å². The fraction of sp³-hybridized carbons (Fsp3) is 0.400. The third-order valence-corrected chi connectivity index (χ3v) is 4.51. The molecule has 1 amide bonds. The third-order valence-electron chi connectivity index (χ3n) is 4.51. The van der Waals surface area contributed by atoms with Crippen molar-refractivity contribution >= 4 is 5.91 Å². The standard InChI is InChI=1S/C20H24N2O3/c1-24-18-7-3-2-6-15(18)14-19(23)22-16-9-11-17(12-10-16)25-20-8-4-5-13-21-20/h2-8,13,16-17H,9-12,14H2,1H3,(H,22,23). The number of nitrogens with zero attached hydrogens (tertiary/aromatic N) is 1. The zero-order valence-electron chi connectivity index (χ0n) is 14.5.